The number of anilines is 1. The molecule has 3 aliphatic heterocycles. The van der Waals surface area contributed by atoms with Crippen LogP contribution in [0.25, 0.3) is 0 Å². The Balaban J connectivity index is 1.25. The van der Waals surface area contributed by atoms with E-state index in [1.165, 1.54) is 11.0 Å². The summed E-state index contributed by atoms with van der Waals surface area (Å²) in [5.74, 6) is -1.27. The van der Waals surface area contributed by atoms with Crippen LogP contribution in [0, 0.1) is 5.92 Å². The number of carbonyl (C=O) groups is 1. The second-order valence-corrected chi connectivity index (χ2v) is 11.4. The van der Waals surface area contributed by atoms with Gasteiger partial charge in [-0.3, -0.25) is 14.6 Å². The highest BCUT2D eigenvalue weighted by molar-refractivity contribution is 6.09. The highest BCUT2D eigenvalue weighted by Crippen LogP contribution is 2.40. The van der Waals surface area contributed by atoms with Gasteiger partial charge in [-0.05, 0) is 60.8 Å². The van der Waals surface area contributed by atoms with Crippen molar-refractivity contribution in [3.8, 4) is 0 Å². The molecular weight excluding hydrogens is 566 g/mol. The zero-order chi connectivity index (χ0) is 29.9. The summed E-state index contributed by atoms with van der Waals surface area (Å²) in [6, 6.07) is 7.81. The molecule has 0 N–H and O–H groups in total. The SMILES string of the molecule is Cn1cnnc1CC1(c2ccc3c(c2)C(=O)N(c2cc(CN4CCC(C(F)(F)F)CC4)cc(C(F)(F)F)n2)C3)COC1. The third-order valence-electron chi connectivity index (χ3n) is 8.48. The van der Waals surface area contributed by atoms with E-state index in [-0.39, 0.29) is 50.4 Å². The average Bonchev–Trinajstić information content (AvgIpc) is 3.47. The fraction of sp³-hybridized carbons (Fsp3) is 0.500. The number of benzene rings is 1. The molecule has 1 aromatic carbocycles. The number of pyridine rings is 1. The summed E-state index contributed by atoms with van der Waals surface area (Å²) in [5.41, 5.74) is 0.575. The lowest BCUT2D eigenvalue weighted by molar-refractivity contribution is -0.185. The second kappa shape index (κ2) is 10.3. The predicted octanol–water partition coefficient (Wildman–Crippen LogP) is 4.67. The molecule has 3 aliphatic rings. The van der Waals surface area contributed by atoms with Gasteiger partial charge in [0.1, 0.15) is 23.7 Å². The number of aryl methyl sites for hydroxylation is 1. The zero-order valence-corrected chi connectivity index (χ0v) is 22.7. The van der Waals surface area contributed by atoms with E-state index in [9.17, 15) is 31.1 Å². The number of hydrogen-bond acceptors (Lipinski definition) is 6. The van der Waals surface area contributed by atoms with Crippen LogP contribution in [0.1, 0.15) is 51.4 Å². The summed E-state index contributed by atoms with van der Waals surface area (Å²) in [5, 5.41) is 8.10. The first-order valence-electron chi connectivity index (χ1n) is 13.6. The van der Waals surface area contributed by atoms with Gasteiger partial charge < -0.3 is 9.30 Å². The van der Waals surface area contributed by atoms with E-state index in [1.807, 2.05) is 17.7 Å². The van der Waals surface area contributed by atoms with Crippen molar-refractivity contribution in [2.24, 2.45) is 13.0 Å². The molecule has 224 valence electrons. The molecular formula is C28H28F6N6O2. The van der Waals surface area contributed by atoms with Crippen molar-refractivity contribution in [3.05, 3.63) is 70.4 Å². The molecule has 0 atom stereocenters. The van der Waals surface area contributed by atoms with Crippen molar-refractivity contribution >= 4 is 11.7 Å². The van der Waals surface area contributed by atoms with Gasteiger partial charge in [-0.1, -0.05) is 12.1 Å². The summed E-state index contributed by atoms with van der Waals surface area (Å²) < 4.78 is 88.1. The Morgan fingerprint density at radius 1 is 1.05 bits per heavy atom. The Labute approximate surface area is 237 Å². The monoisotopic (exact) mass is 594 g/mol. The van der Waals surface area contributed by atoms with Crippen LogP contribution in [-0.2, 0) is 42.9 Å². The summed E-state index contributed by atoms with van der Waals surface area (Å²) in [7, 11) is 1.84. The number of alkyl halides is 6. The quantitative estimate of drug-likeness (QED) is 0.386. The summed E-state index contributed by atoms with van der Waals surface area (Å²) in [4.78, 5) is 20.3. The van der Waals surface area contributed by atoms with Crippen molar-refractivity contribution < 1.29 is 35.9 Å². The van der Waals surface area contributed by atoms with Gasteiger partial charge in [-0.15, -0.1) is 10.2 Å². The number of aromatic nitrogens is 4. The Morgan fingerprint density at radius 2 is 1.79 bits per heavy atom. The van der Waals surface area contributed by atoms with E-state index < -0.39 is 35.3 Å². The maximum Gasteiger partial charge on any atom is 0.433 e. The van der Waals surface area contributed by atoms with Gasteiger partial charge in [-0.2, -0.15) is 26.3 Å². The Kier molecular flexibility index (Phi) is 7.03. The van der Waals surface area contributed by atoms with E-state index in [0.29, 0.717) is 30.8 Å². The van der Waals surface area contributed by atoms with Crippen LogP contribution >= 0.6 is 0 Å². The minimum Gasteiger partial charge on any atom is -0.379 e. The maximum absolute atomic E-state index is 13.8. The first-order chi connectivity index (χ1) is 19.8. The molecule has 8 nitrogen and oxygen atoms in total. The van der Waals surface area contributed by atoms with Crippen LogP contribution in [-0.4, -0.2) is 63.0 Å². The Bertz CT molecular complexity index is 1490. The normalized spacial score (nSPS) is 19.7. The topological polar surface area (TPSA) is 76.4 Å². The Hall–Kier alpha value is -3.52. The number of halogens is 6. The molecule has 6 rings (SSSR count). The summed E-state index contributed by atoms with van der Waals surface area (Å²) in [6.45, 7) is 1.14. The van der Waals surface area contributed by atoms with Crippen molar-refractivity contribution in [3.63, 3.8) is 0 Å². The number of likely N-dealkylation sites (tertiary alicyclic amines) is 1. The number of fused-ring (bicyclic) bond motifs is 1. The van der Waals surface area contributed by atoms with Crippen LogP contribution < -0.4 is 4.90 Å². The van der Waals surface area contributed by atoms with Crippen LogP contribution in [0.3, 0.4) is 0 Å². The smallest absolute Gasteiger partial charge is 0.379 e. The van der Waals surface area contributed by atoms with Crippen LogP contribution in [0.2, 0.25) is 0 Å². The molecule has 1 amide bonds. The number of nitrogens with zero attached hydrogens (tertiary/aromatic N) is 6. The Morgan fingerprint density at radius 3 is 2.38 bits per heavy atom. The van der Waals surface area contributed by atoms with Crippen LogP contribution in [0.5, 0.6) is 0 Å². The molecule has 0 bridgehead atoms. The molecule has 2 fully saturated rings. The van der Waals surface area contributed by atoms with Crippen molar-refractivity contribution in [1.82, 2.24) is 24.6 Å². The van der Waals surface area contributed by atoms with Gasteiger partial charge in [-0.25, -0.2) is 4.98 Å². The van der Waals surface area contributed by atoms with Gasteiger partial charge in [0.05, 0.1) is 25.7 Å². The number of rotatable bonds is 6. The standard InChI is InChI=1S/C28H28F6N6O2/c1-38-16-35-37-24(38)11-26(14-42-15-26)20-3-2-18-13-40(25(41)21(18)10-20)23-9-17(8-22(36-23)28(32,33)34)12-39-6-4-19(5-7-39)27(29,30)31/h2-3,8-10,16,19H,4-7,11-15H2,1H3. The predicted molar refractivity (Wildman–Crippen MR) is 137 cm³/mol. The number of ether oxygens (including phenoxy) is 1. The lowest BCUT2D eigenvalue weighted by Crippen LogP contribution is -2.49. The average molecular weight is 595 g/mol. The highest BCUT2D eigenvalue weighted by atomic mass is 19.4. The lowest BCUT2D eigenvalue weighted by Gasteiger charge is -2.41. The molecule has 0 spiro atoms. The minimum atomic E-state index is -4.77. The van der Waals surface area contributed by atoms with Gasteiger partial charge in [0, 0.05) is 31.0 Å². The van der Waals surface area contributed by atoms with E-state index in [4.69, 9.17) is 4.74 Å². The van der Waals surface area contributed by atoms with Gasteiger partial charge in [0.25, 0.3) is 5.91 Å². The first-order valence-corrected chi connectivity index (χ1v) is 13.6. The third-order valence-corrected chi connectivity index (χ3v) is 8.48. The van der Waals surface area contributed by atoms with Crippen molar-refractivity contribution in [2.45, 2.75) is 50.1 Å². The van der Waals surface area contributed by atoms with Crippen molar-refractivity contribution in [1.29, 1.82) is 0 Å². The van der Waals surface area contributed by atoms with E-state index >= 15 is 0 Å². The molecule has 14 heteroatoms. The molecule has 2 aromatic heterocycles. The van der Waals surface area contributed by atoms with Gasteiger partial charge >= 0.3 is 12.4 Å². The van der Waals surface area contributed by atoms with Gasteiger partial charge in [0.2, 0.25) is 0 Å². The molecule has 3 aromatic rings. The van der Waals surface area contributed by atoms with E-state index in [2.05, 4.69) is 15.2 Å². The largest absolute Gasteiger partial charge is 0.433 e. The fourth-order valence-corrected chi connectivity index (χ4v) is 5.93. The first kappa shape index (κ1) is 28.6. The number of hydrogen-bond donors (Lipinski definition) is 0. The number of piperidine rings is 1. The molecule has 42 heavy (non-hydrogen) atoms. The summed E-state index contributed by atoms with van der Waals surface area (Å²) >= 11 is 0. The fourth-order valence-electron chi connectivity index (χ4n) is 5.93. The molecule has 5 heterocycles. The van der Waals surface area contributed by atoms with Crippen molar-refractivity contribution in [2.75, 3.05) is 31.2 Å². The van der Waals surface area contributed by atoms with Gasteiger partial charge in [0.15, 0.2) is 0 Å². The lowest BCUT2D eigenvalue weighted by atomic mass is 9.75. The number of carbonyl (C=O) groups excluding carboxylic acids is 1. The van der Waals surface area contributed by atoms with E-state index in [0.717, 1.165) is 17.5 Å². The summed E-state index contributed by atoms with van der Waals surface area (Å²) in [6.07, 6.45) is -7.14. The number of amides is 1. The molecule has 0 radical (unpaired) electrons. The van der Waals surface area contributed by atoms with E-state index in [1.54, 1.807) is 23.4 Å². The third kappa shape index (κ3) is 5.37. The van der Waals surface area contributed by atoms with Crippen LogP contribution in [0.4, 0.5) is 32.2 Å². The zero-order valence-electron chi connectivity index (χ0n) is 22.7. The minimum absolute atomic E-state index is 0.0207. The second-order valence-electron chi connectivity index (χ2n) is 11.4. The van der Waals surface area contributed by atoms with Crippen LogP contribution in [0.15, 0.2) is 36.7 Å². The maximum atomic E-state index is 13.8. The highest BCUT2D eigenvalue weighted by Gasteiger charge is 2.44. The molecule has 0 saturated carbocycles. The molecule has 0 aliphatic carbocycles. The molecule has 0 unspecified atom stereocenters. The molecule has 2 saturated heterocycles.